The third-order valence-electron chi connectivity index (χ3n) is 6.43. The van der Waals surface area contributed by atoms with Gasteiger partial charge in [-0.1, -0.05) is 13.8 Å². The normalized spacial score (nSPS) is 36.8. The molecule has 24 heavy (non-hydrogen) atoms. The number of amides is 1. The van der Waals surface area contributed by atoms with E-state index in [1.807, 2.05) is 20.8 Å². The number of hydrogen-bond acceptors (Lipinski definition) is 4. The smallest absolute Gasteiger partial charge is 0.444 e. The highest BCUT2D eigenvalue weighted by molar-refractivity contribution is 6.45. The van der Waals surface area contributed by atoms with Crippen LogP contribution in [0.1, 0.15) is 67.2 Å². The van der Waals surface area contributed by atoms with Crippen LogP contribution in [0, 0.1) is 11.3 Å². The molecule has 0 radical (unpaired) electrons. The first-order valence-corrected chi connectivity index (χ1v) is 9.32. The van der Waals surface area contributed by atoms with Gasteiger partial charge in [0.05, 0.1) is 11.2 Å². The maximum absolute atomic E-state index is 11.7. The van der Waals surface area contributed by atoms with Crippen LogP contribution in [0.15, 0.2) is 0 Å². The maximum atomic E-state index is 11.7. The Labute approximate surface area is 146 Å². The molecule has 0 aromatic carbocycles. The van der Waals surface area contributed by atoms with Gasteiger partial charge in [0.1, 0.15) is 5.60 Å². The Morgan fingerprint density at radius 1 is 1.29 bits per heavy atom. The molecule has 0 aromatic rings. The average Bonchev–Trinajstić information content (AvgIpc) is 2.76. The van der Waals surface area contributed by atoms with E-state index in [2.05, 4.69) is 26.1 Å². The van der Waals surface area contributed by atoms with Gasteiger partial charge in [0.15, 0.2) is 0 Å². The summed E-state index contributed by atoms with van der Waals surface area (Å²) in [7, 11) is -0.159. The van der Waals surface area contributed by atoms with Crippen LogP contribution in [-0.4, -0.2) is 36.6 Å². The molecule has 5 nitrogen and oxygen atoms in total. The van der Waals surface area contributed by atoms with Crippen LogP contribution in [0.5, 0.6) is 0 Å². The third-order valence-corrected chi connectivity index (χ3v) is 6.43. The summed E-state index contributed by atoms with van der Waals surface area (Å²) in [6.07, 6.45) is 4.71. The molecule has 4 fully saturated rings. The zero-order valence-corrected chi connectivity index (χ0v) is 16.0. The summed E-state index contributed by atoms with van der Waals surface area (Å²) in [6, 6.07) is 0. The van der Waals surface area contributed by atoms with E-state index in [-0.39, 0.29) is 29.8 Å². The molecule has 1 amide bonds. The van der Waals surface area contributed by atoms with E-state index in [0.29, 0.717) is 6.54 Å². The molecule has 1 N–H and O–H groups in total. The average molecular weight is 337 g/mol. The van der Waals surface area contributed by atoms with Crippen molar-refractivity contribution in [2.45, 2.75) is 90.3 Å². The SMILES string of the molecule is CC(C)(C)OC(=O)NCCCB1O[C@@]2(C)CCC3C[C@@]2(O1)C3(C)C. The molecule has 1 unspecified atom stereocenters. The van der Waals surface area contributed by atoms with E-state index in [9.17, 15) is 4.79 Å². The predicted molar refractivity (Wildman–Crippen MR) is 93.8 cm³/mol. The minimum Gasteiger partial charge on any atom is -0.444 e. The molecule has 136 valence electrons. The zero-order valence-electron chi connectivity index (χ0n) is 16.0. The van der Waals surface area contributed by atoms with Gasteiger partial charge >= 0.3 is 13.2 Å². The van der Waals surface area contributed by atoms with Gasteiger partial charge in [0.2, 0.25) is 0 Å². The summed E-state index contributed by atoms with van der Waals surface area (Å²) in [6.45, 7) is 13.0. The Kier molecular flexibility index (Phi) is 4.24. The molecule has 1 saturated heterocycles. The second-order valence-electron chi connectivity index (χ2n) is 9.46. The topological polar surface area (TPSA) is 56.8 Å². The van der Waals surface area contributed by atoms with Crippen LogP contribution in [0.2, 0.25) is 6.32 Å². The van der Waals surface area contributed by atoms with Crippen molar-refractivity contribution in [3.63, 3.8) is 0 Å². The number of fused-ring (bicyclic) bond motifs is 1. The molecular weight excluding hydrogens is 305 g/mol. The molecule has 4 aliphatic rings. The lowest BCUT2D eigenvalue weighted by molar-refractivity contribution is -0.257. The summed E-state index contributed by atoms with van der Waals surface area (Å²) in [5.41, 5.74) is -0.540. The second kappa shape index (κ2) is 5.63. The molecule has 1 aliphatic heterocycles. The summed E-state index contributed by atoms with van der Waals surface area (Å²) in [5.74, 6) is 0.766. The summed E-state index contributed by atoms with van der Waals surface area (Å²) in [5, 5.41) is 2.80. The fourth-order valence-corrected chi connectivity index (χ4v) is 4.98. The van der Waals surface area contributed by atoms with E-state index >= 15 is 0 Å². The van der Waals surface area contributed by atoms with Gasteiger partial charge < -0.3 is 19.4 Å². The van der Waals surface area contributed by atoms with Gasteiger partial charge in [-0.15, -0.1) is 0 Å². The number of carbonyl (C=O) groups is 1. The van der Waals surface area contributed by atoms with Crippen LogP contribution >= 0.6 is 0 Å². The Hall–Kier alpha value is -0.745. The van der Waals surface area contributed by atoms with Gasteiger partial charge in [-0.3, -0.25) is 0 Å². The molecule has 6 heteroatoms. The fourth-order valence-electron chi connectivity index (χ4n) is 4.98. The fraction of sp³-hybridized carbons (Fsp3) is 0.944. The van der Waals surface area contributed by atoms with Crippen LogP contribution in [0.4, 0.5) is 4.79 Å². The lowest BCUT2D eigenvalue weighted by atomic mass is 9.41. The zero-order chi connectivity index (χ0) is 17.8. The van der Waals surface area contributed by atoms with Crippen LogP contribution in [-0.2, 0) is 14.0 Å². The molecule has 4 rings (SSSR count). The van der Waals surface area contributed by atoms with Gasteiger partial charge in [-0.05, 0) is 71.0 Å². The Morgan fingerprint density at radius 2 is 2.00 bits per heavy atom. The Morgan fingerprint density at radius 3 is 2.58 bits per heavy atom. The molecule has 3 aliphatic carbocycles. The van der Waals surface area contributed by atoms with E-state index in [1.165, 1.54) is 6.42 Å². The minimum atomic E-state index is -0.461. The predicted octanol–water partition coefficient (Wildman–Crippen LogP) is 3.77. The third kappa shape index (κ3) is 2.76. The number of carbonyl (C=O) groups excluding carboxylic acids is 1. The molecule has 1 spiro atoms. The van der Waals surface area contributed by atoms with Crippen molar-refractivity contribution in [2.24, 2.45) is 11.3 Å². The van der Waals surface area contributed by atoms with Crippen molar-refractivity contribution in [1.29, 1.82) is 0 Å². The van der Waals surface area contributed by atoms with Gasteiger partial charge in [-0.25, -0.2) is 4.79 Å². The van der Waals surface area contributed by atoms with Crippen molar-refractivity contribution >= 4 is 13.2 Å². The van der Waals surface area contributed by atoms with Gasteiger partial charge in [0.25, 0.3) is 0 Å². The lowest BCUT2D eigenvalue weighted by Gasteiger charge is -2.69. The molecule has 0 aromatic heterocycles. The van der Waals surface area contributed by atoms with Crippen LogP contribution in [0.25, 0.3) is 0 Å². The standard InChI is InChI=1S/C18H32BNO4/c1-15(2,3)22-14(21)20-11-7-10-19-23-17(6)9-8-13-12-18(17,24-19)16(13,4)5/h13H,7-12H2,1-6H3,(H,20,21)/t13?,17-,18+/m0/s1. The number of rotatable bonds is 4. The quantitative estimate of drug-likeness (QED) is 0.627. The maximum Gasteiger partial charge on any atom is 0.457 e. The van der Waals surface area contributed by atoms with Crippen LogP contribution in [0.3, 0.4) is 0 Å². The Bertz CT molecular complexity index is 518. The summed E-state index contributed by atoms with van der Waals surface area (Å²) in [4.78, 5) is 11.7. The first-order valence-electron chi connectivity index (χ1n) is 9.32. The number of ether oxygens (including phenoxy) is 1. The summed E-state index contributed by atoms with van der Waals surface area (Å²) >= 11 is 0. The highest BCUT2D eigenvalue weighted by Crippen LogP contribution is 2.70. The first kappa shape index (κ1) is 18.1. The highest BCUT2D eigenvalue weighted by atomic mass is 16.7. The largest absolute Gasteiger partial charge is 0.457 e. The van der Waals surface area contributed by atoms with E-state index in [0.717, 1.165) is 31.5 Å². The minimum absolute atomic E-state index is 0.119. The van der Waals surface area contributed by atoms with Crippen molar-refractivity contribution in [3.05, 3.63) is 0 Å². The number of hydrogen-bond donors (Lipinski definition) is 1. The Balaban J connectivity index is 1.46. The van der Waals surface area contributed by atoms with Crippen LogP contribution < -0.4 is 5.32 Å². The van der Waals surface area contributed by atoms with Crippen molar-refractivity contribution in [3.8, 4) is 0 Å². The van der Waals surface area contributed by atoms with Crippen molar-refractivity contribution in [2.75, 3.05) is 6.54 Å². The molecular formula is C18H32BNO4. The molecule has 3 saturated carbocycles. The summed E-state index contributed by atoms with van der Waals surface area (Å²) < 4.78 is 18.0. The lowest BCUT2D eigenvalue weighted by Crippen LogP contribution is -2.73. The molecule has 3 atom stereocenters. The highest BCUT2D eigenvalue weighted by Gasteiger charge is 2.75. The molecule has 2 bridgehead atoms. The van der Waals surface area contributed by atoms with E-state index in [4.69, 9.17) is 14.0 Å². The molecule has 1 heterocycles. The number of alkyl carbamates (subject to hydrolysis) is 1. The first-order chi connectivity index (χ1) is 11.0. The van der Waals surface area contributed by atoms with Gasteiger partial charge in [0, 0.05) is 6.54 Å². The van der Waals surface area contributed by atoms with Crippen molar-refractivity contribution < 1.29 is 18.8 Å². The second-order valence-corrected chi connectivity index (χ2v) is 9.46. The van der Waals surface area contributed by atoms with E-state index in [1.54, 1.807) is 0 Å². The van der Waals surface area contributed by atoms with E-state index < -0.39 is 5.60 Å². The van der Waals surface area contributed by atoms with Crippen molar-refractivity contribution in [1.82, 2.24) is 5.32 Å². The van der Waals surface area contributed by atoms with Gasteiger partial charge in [-0.2, -0.15) is 0 Å². The monoisotopic (exact) mass is 337 g/mol. The number of nitrogens with one attached hydrogen (secondary N) is 1.